The standard InChI is InChI=1S/C23H29N3O5S/c1-25(2)32(29,30)18-11-12-21(31-3)17(16-18)10-13-22(27)24-20-9-5-4-8-19(20)23(28)26-14-6-7-15-26/h4-5,8-9,11-12,16H,6-7,10,13-15H2,1-3H3,(H,24,27). The molecule has 0 atom stereocenters. The first kappa shape index (κ1) is 23.7. The van der Waals surface area contributed by atoms with Gasteiger partial charge >= 0.3 is 0 Å². The van der Waals surface area contributed by atoms with Gasteiger partial charge in [0.1, 0.15) is 5.75 Å². The predicted octanol–water partition coefficient (Wildman–Crippen LogP) is 2.75. The molecule has 172 valence electrons. The van der Waals surface area contributed by atoms with E-state index >= 15 is 0 Å². The van der Waals surface area contributed by atoms with Gasteiger partial charge in [0.2, 0.25) is 15.9 Å². The summed E-state index contributed by atoms with van der Waals surface area (Å²) in [6.07, 6.45) is 2.37. The number of nitrogens with one attached hydrogen (secondary N) is 1. The largest absolute Gasteiger partial charge is 0.496 e. The van der Waals surface area contributed by atoms with Crippen LogP contribution in [0.1, 0.15) is 35.2 Å². The maximum absolute atomic E-state index is 12.8. The zero-order chi connectivity index (χ0) is 23.3. The van der Waals surface area contributed by atoms with Gasteiger partial charge < -0.3 is 15.0 Å². The highest BCUT2D eigenvalue weighted by Gasteiger charge is 2.23. The van der Waals surface area contributed by atoms with Crippen LogP contribution >= 0.6 is 0 Å². The first-order chi connectivity index (χ1) is 15.2. The highest BCUT2D eigenvalue weighted by atomic mass is 32.2. The zero-order valence-electron chi connectivity index (χ0n) is 18.6. The molecule has 0 spiro atoms. The van der Waals surface area contributed by atoms with E-state index in [2.05, 4.69) is 5.32 Å². The molecule has 1 aliphatic rings. The first-order valence-electron chi connectivity index (χ1n) is 10.5. The molecule has 0 aromatic heterocycles. The SMILES string of the molecule is COc1ccc(S(=O)(=O)N(C)C)cc1CCC(=O)Nc1ccccc1C(=O)N1CCCC1. The van der Waals surface area contributed by atoms with Gasteiger partial charge in [-0.3, -0.25) is 9.59 Å². The minimum atomic E-state index is -3.60. The molecule has 2 aromatic rings. The van der Waals surface area contributed by atoms with Gasteiger partial charge in [-0.1, -0.05) is 12.1 Å². The molecular weight excluding hydrogens is 430 g/mol. The van der Waals surface area contributed by atoms with Crippen molar-refractivity contribution in [2.24, 2.45) is 0 Å². The second kappa shape index (κ2) is 10.1. The van der Waals surface area contributed by atoms with Gasteiger partial charge in [-0.15, -0.1) is 0 Å². The number of hydrogen-bond donors (Lipinski definition) is 1. The number of benzene rings is 2. The van der Waals surface area contributed by atoms with Crippen LogP contribution in [-0.2, 0) is 21.2 Å². The smallest absolute Gasteiger partial charge is 0.255 e. The Kier molecular flexibility index (Phi) is 7.52. The lowest BCUT2D eigenvalue weighted by Crippen LogP contribution is -2.28. The number of methoxy groups -OCH3 is 1. The van der Waals surface area contributed by atoms with E-state index in [4.69, 9.17) is 4.74 Å². The van der Waals surface area contributed by atoms with Crippen molar-refractivity contribution in [3.8, 4) is 5.75 Å². The summed E-state index contributed by atoms with van der Waals surface area (Å²) in [6.45, 7) is 1.46. The van der Waals surface area contributed by atoms with E-state index in [1.807, 2.05) is 0 Å². The summed E-state index contributed by atoms with van der Waals surface area (Å²) < 4.78 is 31.4. The normalized spacial score (nSPS) is 13.9. The maximum atomic E-state index is 12.8. The highest BCUT2D eigenvalue weighted by Crippen LogP contribution is 2.26. The number of amides is 2. The fraction of sp³-hybridized carbons (Fsp3) is 0.391. The van der Waals surface area contributed by atoms with E-state index in [1.54, 1.807) is 35.2 Å². The molecule has 3 rings (SSSR count). The zero-order valence-corrected chi connectivity index (χ0v) is 19.4. The Bertz CT molecular complexity index is 1090. The first-order valence-corrected chi connectivity index (χ1v) is 12.0. The van der Waals surface area contributed by atoms with E-state index in [-0.39, 0.29) is 29.6 Å². The average Bonchev–Trinajstić information content (AvgIpc) is 3.32. The van der Waals surface area contributed by atoms with Crippen molar-refractivity contribution in [3.63, 3.8) is 0 Å². The Morgan fingerprint density at radius 1 is 1.09 bits per heavy atom. The van der Waals surface area contributed by atoms with Crippen LogP contribution in [0, 0.1) is 0 Å². The molecule has 1 heterocycles. The molecule has 2 aromatic carbocycles. The molecule has 0 bridgehead atoms. The number of likely N-dealkylation sites (tertiary alicyclic amines) is 1. The lowest BCUT2D eigenvalue weighted by Gasteiger charge is -2.18. The summed E-state index contributed by atoms with van der Waals surface area (Å²) in [5, 5.41) is 2.83. The molecule has 0 radical (unpaired) electrons. The van der Waals surface area contributed by atoms with Crippen molar-refractivity contribution in [2.75, 3.05) is 39.6 Å². The van der Waals surface area contributed by atoms with E-state index in [0.29, 0.717) is 22.6 Å². The molecule has 1 fully saturated rings. The van der Waals surface area contributed by atoms with Gasteiger partial charge in [0, 0.05) is 33.6 Å². The third-order valence-electron chi connectivity index (χ3n) is 5.48. The van der Waals surface area contributed by atoms with Crippen LogP contribution < -0.4 is 10.1 Å². The number of ether oxygens (including phenoxy) is 1. The summed E-state index contributed by atoms with van der Waals surface area (Å²) in [6, 6.07) is 11.6. The number of hydrogen-bond acceptors (Lipinski definition) is 5. The van der Waals surface area contributed by atoms with Gasteiger partial charge in [-0.05, 0) is 55.2 Å². The van der Waals surface area contributed by atoms with E-state index in [1.165, 1.54) is 33.3 Å². The van der Waals surface area contributed by atoms with Gasteiger partial charge in [0.05, 0.1) is 23.3 Å². The van der Waals surface area contributed by atoms with Crippen molar-refractivity contribution in [3.05, 3.63) is 53.6 Å². The molecule has 1 saturated heterocycles. The molecule has 1 aliphatic heterocycles. The number of nitrogens with zero attached hydrogens (tertiary/aromatic N) is 2. The topological polar surface area (TPSA) is 96.0 Å². The number of anilines is 1. The molecule has 8 nitrogen and oxygen atoms in total. The Morgan fingerprint density at radius 3 is 2.44 bits per heavy atom. The second-order valence-corrected chi connectivity index (χ2v) is 10.0. The van der Waals surface area contributed by atoms with Gasteiger partial charge in [-0.2, -0.15) is 0 Å². The van der Waals surface area contributed by atoms with Crippen molar-refractivity contribution in [2.45, 2.75) is 30.6 Å². The summed E-state index contributed by atoms with van der Waals surface area (Å²) in [5.74, 6) is 0.163. The number of sulfonamides is 1. The molecule has 0 saturated carbocycles. The van der Waals surface area contributed by atoms with Crippen LogP contribution in [0.5, 0.6) is 5.75 Å². The third-order valence-corrected chi connectivity index (χ3v) is 7.29. The number of aryl methyl sites for hydroxylation is 1. The van der Waals surface area contributed by atoms with Crippen LogP contribution in [0.2, 0.25) is 0 Å². The van der Waals surface area contributed by atoms with Crippen LogP contribution in [0.25, 0.3) is 0 Å². The average molecular weight is 460 g/mol. The highest BCUT2D eigenvalue weighted by molar-refractivity contribution is 7.89. The Morgan fingerprint density at radius 2 is 1.78 bits per heavy atom. The summed E-state index contributed by atoms with van der Waals surface area (Å²) >= 11 is 0. The van der Waals surface area contributed by atoms with Crippen LogP contribution in [0.15, 0.2) is 47.4 Å². The number of carbonyl (C=O) groups is 2. The minimum absolute atomic E-state index is 0.0818. The van der Waals surface area contributed by atoms with E-state index in [0.717, 1.165) is 30.2 Å². The van der Waals surface area contributed by atoms with Crippen LogP contribution in [-0.4, -0.2) is 63.7 Å². The monoisotopic (exact) mass is 459 g/mol. The predicted molar refractivity (Wildman–Crippen MR) is 122 cm³/mol. The lowest BCUT2D eigenvalue weighted by atomic mass is 10.1. The molecule has 32 heavy (non-hydrogen) atoms. The Balaban J connectivity index is 1.73. The van der Waals surface area contributed by atoms with Crippen molar-refractivity contribution >= 4 is 27.5 Å². The third kappa shape index (κ3) is 5.28. The number of para-hydroxylation sites is 1. The van der Waals surface area contributed by atoms with E-state index in [9.17, 15) is 18.0 Å². The molecular formula is C23H29N3O5S. The van der Waals surface area contributed by atoms with Crippen molar-refractivity contribution in [1.29, 1.82) is 0 Å². The van der Waals surface area contributed by atoms with Crippen LogP contribution in [0.4, 0.5) is 5.69 Å². The molecule has 1 N–H and O–H groups in total. The molecule has 0 aliphatic carbocycles. The molecule has 0 unspecified atom stereocenters. The number of carbonyl (C=O) groups excluding carboxylic acids is 2. The summed E-state index contributed by atoms with van der Waals surface area (Å²) in [7, 11) is 0.831. The van der Waals surface area contributed by atoms with Crippen LogP contribution in [0.3, 0.4) is 0 Å². The summed E-state index contributed by atoms with van der Waals surface area (Å²) in [5.41, 5.74) is 1.57. The van der Waals surface area contributed by atoms with Crippen molar-refractivity contribution < 1.29 is 22.7 Å². The Hall–Kier alpha value is -2.91. The minimum Gasteiger partial charge on any atom is -0.496 e. The lowest BCUT2D eigenvalue weighted by molar-refractivity contribution is -0.116. The van der Waals surface area contributed by atoms with Gasteiger partial charge in [-0.25, -0.2) is 12.7 Å². The fourth-order valence-electron chi connectivity index (χ4n) is 3.65. The molecule has 9 heteroatoms. The van der Waals surface area contributed by atoms with Gasteiger partial charge in [0.25, 0.3) is 5.91 Å². The Labute approximate surface area is 189 Å². The van der Waals surface area contributed by atoms with E-state index < -0.39 is 10.0 Å². The van der Waals surface area contributed by atoms with Crippen molar-refractivity contribution in [1.82, 2.24) is 9.21 Å². The van der Waals surface area contributed by atoms with Gasteiger partial charge in [0.15, 0.2) is 0 Å². The second-order valence-electron chi connectivity index (χ2n) is 7.85. The summed E-state index contributed by atoms with van der Waals surface area (Å²) in [4.78, 5) is 27.4. The molecule has 2 amide bonds. The fourth-order valence-corrected chi connectivity index (χ4v) is 4.60. The number of rotatable bonds is 8. The maximum Gasteiger partial charge on any atom is 0.255 e. The quantitative estimate of drug-likeness (QED) is 0.655.